The molecule has 130 valence electrons. The quantitative estimate of drug-likeness (QED) is 0.744. The van der Waals surface area contributed by atoms with Crippen LogP contribution in [-0.4, -0.2) is 28.8 Å². The van der Waals surface area contributed by atoms with Crippen LogP contribution in [-0.2, 0) is 18.3 Å². The molecular formula is C18H24ClN3O2. The number of hydrogen-bond donors (Lipinski definition) is 1. The number of benzene rings is 1. The van der Waals surface area contributed by atoms with E-state index in [9.17, 15) is 4.79 Å². The van der Waals surface area contributed by atoms with Crippen LogP contribution in [0.4, 0.5) is 0 Å². The SMILES string of the molecule is Cc1nn(C)c(C)c1CC(=O)NCCCCOc1ccc(Cl)cc1. The molecule has 1 aromatic carbocycles. The van der Waals surface area contributed by atoms with E-state index < -0.39 is 0 Å². The van der Waals surface area contributed by atoms with Gasteiger partial charge in [0.15, 0.2) is 0 Å². The molecule has 2 rings (SSSR count). The smallest absolute Gasteiger partial charge is 0.224 e. The first-order valence-electron chi connectivity index (χ1n) is 8.11. The minimum atomic E-state index is 0.0350. The second kappa shape index (κ2) is 8.73. The molecule has 0 aliphatic carbocycles. The number of nitrogens with zero attached hydrogens (tertiary/aromatic N) is 2. The van der Waals surface area contributed by atoms with Crippen molar-refractivity contribution < 1.29 is 9.53 Å². The zero-order valence-electron chi connectivity index (χ0n) is 14.4. The number of unbranched alkanes of at least 4 members (excludes halogenated alkanes) is 1. The maximum atomic E-state index is 12.0. The number of carbonyl (C=O) groups is 1. The number of carbonyl (C=O) groups excluding carboxylic acids is 1. The second-order valence-electron chi connectivity index (χ2n) is 5.81. The van der Waals surface area contributed by atoms with Crippen molar-refractivity contribution >= 4 is 17.5 Å². The Labute approximate surface area is 148 Å². The zero-order valence-corrected chi connectivity index (χ0v) is 15.2. The monoisotopic (exact) mass is 349 g/mol. The van der Waals surface area contributed by atoms with Gasteiger partial charge in [-0.25, -0.2) is 0 Å². The fraction of sp³-hybridized carbons (Fsp3) is 0.444. The number of aromatic nitrogens is 2. The number of amides is 1. The molecule has 2 aromatic rings. The third-order valence-corrected chi connectivity index (χ3v) is 4.22. The Balaban J connectivity index is 1.62. The largest absolute Gasteiger partial charge is 0.494 e. The summed E-state index contributed by atoms with van der Waals surface area (Å²) < 4.78 is 7.43. The van der Waals surface area contributed by atoms with E-state index in [1.54, 1.807) is 12.1 Å². The molecule has 0 bridgehead atoms. The van der Waals surface area contributed by atoms with Crippen LogP contribution in [0.15, 0.2) is 24.3 Å². The van der Waals surface area contributed by atoms with E-state index in [1.807, 2.05) is 37.7 Å². The molecule has 0 fully saturated rings. The molecular weight excluding hydrogens is 326 g/mol. The summed E-state index contributed by atoms with van der Waals surface area (Å²) in [4.78, 5) is 12.0. The summed E-state index contributed by atoms with van der Waals surface area (Å²) in [5, 5.41) is 7.98. The first-order valence-corrected chi connectivity index (χ1v) is 8.49. The summed E-state index contributed by atoms with van der Waals surface area (Å²) in [6.45, 7) is 5.19. The molecule has 0 spiro atoms. The van der Waals surface area contributed by atoms with Gasteiger partial charge >= 0.3 is 0 Å². The van der Waals surface area contributed by atoms with E-state index in [1.165, 1.54) is 0 Å². The summed E-state index contributed by atoms with van der Waals surface area (Å²) in [6, 6.07) is 7.31. The molecule has 6 heteroatoms. The molecule has 1 aromatic heterocycles. The van der Waals surface area contributed by atoms with Gasteiger partial charge in [-0.1, -0.05) is 11.6 Å². The summed E-state index contributed by atoms with van der Waals surface area (Å²) in [7, 11) is 1.89. The maximum Gasteiger partial charge on any atom is 0.224 e. The third-order valence-electron chi connectivity index (χ3n) is 3.97. The van der Waals surface area contributed by atoms with Crippen LogP contribution < -0.4 is 10.1 Å². The normalized spacial score (nSPS) is 10.7. The topological polar surface area (TPSA) is 56.2 Å². The summed E-state index contributed by atoms with van der Waals surface area (Å²) in [5.74, 6) is 0.846. The Morgan fingerprint density at radius 3 is 2.58 bits per heavy atom. The van der Waals surface area contributed by atoms with Crippen LogP contribution in [0.2, 0.25) is 5.02 Å². The fourth-order valence-corrected chi connectivity index (χ4v) is 2.60. The highest BCUT2D eigenvalue weighted by atomic mass is 35.5. The van der Waals surface area contributed by atoms with Crippen molar-refractivity contribution in [3.63, 3.8) is 0 Å². The second-order valence-corrected chi connectivity index (χ2v) is 6.25. The van der Waals surface area contributed by atoms with Crippen molar-refractivity contribution in [1.82, 2.24) is 15.1 Å². The predicted octanol–water partition coefficient (Wildman–Crippen LogP) is 3.21. The number of nitrogens with one attached hydrogen (secondary N) is 1. The van der Waals surface area contributed by atoms with Crippen molar-refractivity contribution in [1.29, 1.82) is 0 Å². The summed E-state index contributed by atoms with van der Waals surface area (Å²) >= 11 is 5.82. The lowest BCUT2D eigenvalue weighted by Gasteiger charge is -2.07. The first kappa shape index (κ1) is 18.3. The fourth-order valence-electron chi connectivity index (χ4n) is 2.47. The highest BCUT2D eigenvalue weighted by Crippen LogP contribution is 2.15. The average molecular weight is 350 g/mol. The predicted molar refractivity (Wildman–Crippen MR) is 95.6 cm³/mol. The van der Waals surface area contributed by atoms with Gasteiger partial charge in [0.25, 0.3) is 0 Å². The van der Waals surface area contributed by atoms with Crippen molar-refractivity contribution in [3.05, 3.63) is 46.2 Å². The highest BCUT2D eigenvalue weighted by Gasteiger charge is 2.12. The van der Waals surface area contributed by atoms with E-state index in [-0.39, 0.29) is 5.91 Å². The van der Waals surface area contributed by atoms with Crippen LogP contribution in [0, 0.1) is 13.8 Å². The standard InChI is InChI=1S/C18H24ClN3O2/c1-13-17(14(2)22(3)21-13)12-18(23)20-10-4-5-11-24-16-8-6-15(19)7-9-16/h6-9H,4-5,10-12H2,1-3H3,(H,20,23). The van der Waals surface area contributed by atoms with Crippen LogP contribution in [0.5, 0.6) is 5.75 Å². The van der Waals surface area contributed by atoms with Gasteiger partial charge in [-0.05, 0) is 51.0 Å². The van der Waals surface area contributed by atoms with Crippen molar-refractivity contribution in [2.45, 2.75) is 33.1 Å². The Kier molecular flexibility index (Phi) is 6.67. The van der Waals surface area contributed by atoms with E-state index in [0.29, 0.717) is 24.6 Å². The van der Waals surface area contributed by atoms with E-state index in [2.05, 4.69) is 10.4 Å². The highest BCUT2D eigenvalue weighted by molar-refractivity contribution is 6.30. The molecule has 0 atom stereocenters. The molecule has 0 saturated carbocycles. The molecule has 0 aliphatic heterocycles. The van der Waals surface area contributed by atoms with E-state index >= 15 is 0 Å². The number of aryl methyl sites for hydroxylation is 2. The molecule has 1 heterocycles. The summed E-state index contributed by atoms with van der Waals surface area (Å²) in [6.07, 6.45) is 2.14. The van der Waals surface area contributed by atoms with Crippen molar-refractivity contribution in [2.24, 2.45) is 7.05 Å². The Morgan fingerprint density at radius 2 is 1.96 bits per heavy atom. The minimum absolute atomic E-state index is 0.0350. The zero-order chi connectivity index (χ0) is 17.5. The van der Waals surface area contributed by atoms with Gasteiger partial charge in [-0.3, -0.25) is 9.48 Å². The number of hydrogen-bond acceptors (Lipinski definition) is 3. The lowest BCUT2D eigenvalue weighted by Crippen LogP contribution is -2.26. The molecule has 24 heavy (non-hydrogen) atoms. The van der Waals surface area contributed by atoms with Gasteiger partial charge < -0.3 is 10.1 Å². The molecule has 0 aliphatic rings. The van der Waals surface area contributed by atoms with Crippen LogP contribution in [0.3, 0.4) is 0 Å². The van der Waals surface area contributed by atoms with Crippen LogP contribution in [0.25, 0.3) is 0 Å². The number of ether oxygens (including phenoxy) is 1. The van der Waals surface area contributed by atoms with Crippen molar-refractivity contribution in [3.8, 4) is 5.75 Å². The molecule has 0 saturated heterocycles. The molecule has 0 unspecified atom stereocenters. The van der Waals surface area contributed by atoms with Gasteiger partial charge in [-0.15, -0.1) is 0 Å². The minimum Gasteiger partial charge on any atom is -0.494 e. The lowest BCUT2D eigenvalue weighted by atomic mass is 10.1. The van der Waals surface area contributed by atoms with Gasteiger partial charge in [0.1, 0.15) is 5.75 Å². The Morgan fingerprint density at radius 1 is 1.25 bits per heavy atom. The van der Waals surface area contributed by atoms with E-state index in [4.69, 9.17) is 16.3 Å². The molecule has 1 amide bonds. The number of rotatable bonds is 8. The van der Waals surface area contributed by atoms with Gasteiger partial charge in [0.05, 0.1) is 18.7 Å². The molecule has 1 N–H and O–H groups in total. The summed E-state index contributed by atoms with van der Waals surface area (Å²) in [5.41, 5.74) is 2.97. The van der Waals surface area contributed by atoms with Gasteiger partial charge in [-0.2, -0.15) is 5.10 Å². The van der Waals surface area contributed by atoms with Gasteiger partial charge in [0, 0.05) is 29.9 Å². The Bertz CT molecular complexity index is 680. The molecule has 5 nitrogen and oxygen atoms in total. The van der Waals surface area contributed by atoms with Gasteiger partial charge in [0.2, 0.25) is 5.91 Å². The molecule has 0 radical (unpaired) electrons. The average Bonchev–Trinajstić information content (AvgIpc) is 2.79. The van der Waals surface area contributed by atoms with E-state index in [0.717, 1.165) is 35.5 Å². The first-order chi connectivity index (χ1) is 11.5. The maximum absolute atomic E-state index is 12.0. The van der Waals surface area contributed by atoms with Crippen LogP contribution >= 0.6 is 11.6 Å². The van der Waals surface area contributed by atoms with Crippen LogP contribution in [0.1, 0.15) is 29.8 Å². The van der Waals surface area contributed by atoms with Crippen molar-refractivity contribution in [2.75, 3.05) is 13.2 Å². The lowest BCUT2D eigenvalue weighted by molar-refractivity contribution is -0.120. The third kappa shape index (κ3) is 5.27. The number of halogens is 1. The Hall–Kier alpha value is -2.01.